The standard InChI is InChI=1S/C14H17FN2O3/c1-2-14(7-4-8-14)17-13(20)16-10-6-3-5-9(15)11(10)12(18)19/h3,5-6H,2,4,7-8H2,1H3,(H,18,19)(H2,16,17,20). The summed E-state index contributed by atoms with van der Waals surface area (Å²) >= 11 is 0. The third-order valence-corrected chi connectivity index (χ3v) is 3.84. The van der Waals surface area contributed by atoms with Crippen molar-refractivity contribution < 1.29 is 19.1 Å². The smallest absolute Gasteiger partial charge is 0.340 e. The number of anilines is 1. The lowest BCUT2D eigenvalue weighted by Crippen LogP contribution is -2.54. The van der Waals surface area contributed by atoms with E-state index < -0.39 is 23.4 Å². The van der Waals surface area contributed by atoms with Gasteiger partial charge in [-0.1, -0.05) is 13.0 Å². The molecule has 0 bridgehead atoms. The molecule has 1 aromatic rings. The summed E-state index contributed by atoms with van der Waals surface area (Å²) < 4.78 is 13.5. The van der Waals surface area contributed by atoms with Crippen molar-refractivity contribution in [2.45, 2.75) is 38.1 Å². The molecular weight excluding hydrogens is 263 g/mol. The highest BCUT2D eigenvalue weighted by molar-refractivity contribution is 6.00. The van der Waals surface area contributed by atoms with E-state index in [1.165, 1.54) is 12.1 Å². The van der Waals surface area contributed by atoms with Crippen LogP contribution in [0.25, 0.3) is 0 Å². The van der Waals surface area contributed by atoms with E-state index in [4.69, 9.17) is 5.11 Å². The summed E-state index contributed by atoms with van der Waals surface area (Å²) in [5, 5.41) is 14.3. The molecule has 0 aliphatic heterocycles. The van der Waals surface area contributed by atoms with Crippen LogP contribution < -0.4 is 10.6 Å². The van der Waals surface area contributed by atoms with E-state index in [1.54, 1.807) is 0 Å². The molecule has 0 heterocycles. The Kier molecular flexibility index (Phi) is 3.92. The predicted octanol–water partition coefficient (Wildman–Crippen LogP) is 2.98. The van der Waals surface area contributed by atoms with Crippen molar-refractivity contribution in [1.29, 1.82) is 0 Å². The number of nitrogens with one attached hydrogen (secondary N) is 2. The number of halogens is 1. The first-order chi connectivity index (χ1) is 9.47. The largest absolute Gasteiger partial charge is 0.478 e. The number of hydrogen-bond acceptors (Lipinski definition) is 2. The number of amides is 2. The fraction of sp³-hybridized carbons (Fsp3) is 0.429. The number of aromatic carboxylic acids is 1. The second-order valence-electron chi connectivity index (χ2n) is 5.03. The second-order valence-corrected chi connectivity index (χ2v) is 5.03. The van der Waals surface area contributed by atoms with Crippen LogP contribution in [0.5, 0.6) is 0 Å². The molecule has 1 aromatic carbocycles. The molecule has 5 nitrogen and oxygen atoms in total. The zero-order chi connectivity index (χ0) is 14.8. The van der Waals surface area contributed by atoms with Crippen LogP contribution in [0, 0.1) is 5.82 Å². The van der Waals surface area contributed by atoms with Gasteiger partial charge in [-0.25, -0.2) is 14.0 Å². The average molecular weight is 280 g/mol. The van der Waals surface area contributed by atoms with E-state index in [2.05, 4.69) is 10.6 Å². The molecule has 20 heavy (non-hydrogen) atoms. The molecule has 1 fully saturated rings. The second kappa shape index (κ2) is 5.48. The lowest BCUT2D eigenvalue weighted by molar-refractivity contribution is 0.0693. The Hall–Kier alpha value is -2.11. The highest BCUT2D eigenvalue weighted by atomic mass is 19.1. The molecule has 0 unspecified atom stereocenters. The Morgan fingerprint density at radius 2 is 2.10 bits per heavy atom. The van der Waals surface area contributed by atoms with Crippen molar-refractivity contribution >= 4 is 17.7 Å². The normalized spacial score (nSPS) is 16.1. The van der Waals surface area contributed by atoms with Gasteiger partial charge in [0.25, 0.3) is 0 Å². The first kappa shape index (κ1) is 14.3. The van der Waals surface area contributed by atoms with Crippen molar-refractivity contribution in [2.24, 2.45) is 0 Å². The number of carboxylic acid groups (broad SMARTS) is 1. The molecule has 1 saturated carbocycles. The Morgan fingerprint density at radius 3 is 2.60 bits per heavy atom. The van der Waals surface area contributed by atoms with Crippen molar-refractivity contribution in [2.75, 3.05) is 5.32 Å². The number of urea groups is 1. The molecule has 0 spiro atoms. The Morgan fingerprint density at radius 1 is 1.40 bits per heavy atom. The molecule has 2 rings (SSSR count). The number of carbonyl (C=O) groups is 2. The van der Waals surface area contributed by atoms with Gasteiger partial charge in [0.15, 0.2) is 0 Å². The van der Waals surface area contributed by atoms with Crippen LogP contribution in [0.2, 0.25) is 0 Å². The van der Waals surface area contributed by atoms with Crippen LogP contribution >= 0.6 is 0 Å². The monoisotopic (exact) mass is 280 g/mol. The number of benzene rings is 1. The van der Waals surface area contributed by atoms with E-state index in [-0.39, 0.29) is 11.2 Å². The molecule has 2 amide bonds. The van der Waals surface area contributed by atoms with Crippen molar-refractivity contribution in [3.8, 4) is 0 Å². The highest BCUT2D eigenvalue weighted by Gasteiger charge is 2.36. The maximum Gasteiger partial charge on any atom is 0.340 e. The van der Waals surface area contributed by atoms with Gasteiger partial charge in [0.2, 0.25) is 0 Å². The highest BCUT2D eigenvalue weighted by Crippen LogP contribution is 2.34. The molecule has 0 saturated heterocycles. The summed E-state index contributed by atoms with van der Waals surface area (Å²) in [6, 6.07) is 3.27. The van der Waals surface area contributed by atoms with Crippen LogP contribution in [0.1, 0.15) is 43.0 Å². The maximum absolute atomic E-state index is 13.5. The van der Waals surface area contributed by atoms with Crippen LogP contribution in [-0.4, -0.2) is 22.6 Å². The van der Waals surface area contributed by atoms with Gasteiger partial charge in [-0.3, -0.25) is 0 Å². The quantitative estimate of drug-likeness (QED) is 0.793. The Balaban J connectivity index is 2.12. The molecule has 6 heteroatoms. The summed E-state index contributed by atoms with van der Waals surface area (Å²) in [5.74, 6) is -2.28. The van der Waals surface area contributed by atoms with Crippen molar-refractivity contribution in [3.05, 3.63) is 29.6 Å². The topological polar surface area (TPSA) is 78.4 Å². The SMILES string of the molecule is CCC1(NC(=O)Nc2cccc(F)c2C(=O)O)CCC1. The minimum Gasteiger partial charge on any atom is -0.478 e. The molecule has 1 aliphatic carbocycles. The zero-order valence-electron chi connectivity index (χ0n) is 11.2. The number of hydrogen-bond donors (Lipinski definition) is 3. The predicted molar refractivity (Wildman–Crippen MR) is 72.4 cm³/mol. The van der Waals surface area contributed by atoms with Crippen molar-refractivity contribution in [3.63, 3.8) is 0 Å². The van der Waals surface area contributed by atoms with Crippen molar-refractivity contribution in [1.82, 2.24) is 5.32 Å². The summed E-state index contributed by atoms with van der Waals surface area (Å²) in [4.78, 5) is 22.9. The van der Waals surface area contributed by atoms with Crippen LogP contribution in [-0.2, 0) is 0 Å². The number of rotatable bonds is 4. The lowest BCUT2D eigenvalue weighted by atomic mass is 9.75. The molecule has 0 radical (unpaired) electrons. The summed E-state index contributed by atoms with van der Waals surface area (Å²) in [5.41, 5.74) is -0.775. The zero-order valence-corrected chi connectivity index (χ0v) is 11.2. The van der Waals surface area contributed by atoms with Gasteiger partial charge in [0.1, 0.15) is 11.4 Å². The fourth-order valence-corrected chi connectivity index (χ4v) is 2.41. The van der Waals surface area contributed by atoms with E-state index in [9.17, 15) is 14.0 Å². The Labute approximate surface area is 116 Å². The van der Waals surface area contributed by atoms with E-state index in [0.717, 1.165) is 31.7 Å². The van der Waals surface area contributed by atoms with Crippen LogP contribution in [0.15, 0.2) is 18.2 Å². The number of carbonyl (C=O) groups excluding carboxylic acids is 1. The maximum atomic E-state index is 13.5. The number of carboxylic acids is 1. The minimum atomic E-state index is -1.41. The first-order valence-corrected chi connectivity index (χ1v) is 6.58. The first-order valence-electron chi connectivity index (χ1n) is 6.58. The van der Waals surface area contributed by atoms with Gasteiger partial charge >= 0.3 is 12.0 Å². The lowest BCUT2D eigenvalue weighted by Gasteiger charge is -2.41. The fourth-order valence-electron chi connectivity index (χ4n) is 2.41. The molecule has 108 valence electrons. The summed E-state index contributed by atoms with van der Waals surface area (Å²) in [7, 11) is 0. The molecule has 0 atom stereocenters. The van der Waals surface area contributed by atoms with E-state index >= 15 is 0 Å². The molecule has 3 N–H and O–H groups in total. The third-order valence-electron chi connectivity index (χ3n) is 3.84. The van der Waals surface area contributed by atoms with Gasteiger partial charge < -0.3 is 15.7 Å². The molecule has 1 aliphatic rings. The van der Waals surface area contributed by atoms with Gasteiger partial charge in [-0.2, -0.15) is 0 Å². The van der Waals surface area contributed by atoms with Crippen LogP contribution in [0.4, 0.5) is 14.9 Å². The minimum absolute atomic E-state index is 0.0411. The molecular formula is C14H17FN2O3. The van der Waals surface area contributed by atoms with E-state index in [0.29, 0.717) is 0 Å². The Bertz CT molecular complexity index is 536. The van der Waals surface area contributed by atoms with Gasteiger partial charge in [0, 0.05) is 5.54 Å². The van der Waals surface area contributed by atoms with Gasteiger partial charge in [0.05, 0.1) is 5.69 Å². The summed E-state index contributed by atoms with van der Waals surface area (Å²) in [6.07, 6.45) is 3.70. The van der Waals surface area contributed by atoms with Gasteiger partial charge in [-0.05, 0) is 37.8 Å². The third kappa shape index (κ3) is 2.74. The van der Waals surface area contributed by atoms with Crippen LogP contribution in [0.3, 0.4) is 0 Å². The molecule has 0 aromatic heterocycles. The summed E-state index contributed by atoms with van der Waals surface area (Å²) in [6.45, 7) is 1.99. The van der Waals surface area contributed by atoms with Gasteiger partial charge in [-0.15, -0.1) is 0 Å². The average Bonchev–Trinajstić information content (AvgIpc) is 2.33. The van der Waals surface area contributed by atoms with E-state index in [1.807, 2.05) is 6.92 Å².